The molecule has 0 aromatic carbocycles. The minimum absolute atomic E-state index is 0.0665. The van der Waals surface area contributed by atoms with Crippen LogP contribution >= 0.6 is 11.3 Å². The summed E-state index contributed by atoms with van der Waals surface area (Å²) in [4.78, 5) is 20.5. The summed E-state index contributed by atoms with van der Waals surface area (Å²) >= 11 is 1.30. The third-order valence-corrected chi connectivity index (χ3v) is 3.49. The molecular formula is C11H21N5OS. The molecule has 0 aliphatic carbocycles. The van der Waals surface area contributed by atoms with Gasteiger partial charge in [-0.05, 0) is 21.0 Å². The van der Waals surface area contributed by atoms with Crippen LogP contribution in [-0.2, 0) is 0 Å². The summed E-state index contributed by atoms with van der Waals surface area (Å²) < 4.78 is 0. The van der Waals surface area contributed by atoms with Gasteiger partial charge in [0.05, 0.1) is 0 Å². The minimum Gasteiger partial charge on any atom is -0.382 e. The molecule has 0 radical (unpaired) electrons. The second-order valence-corrected chi connectivity index (χ2v) is 5.72. The van der Waals surface area contributed by atoms with Crippen molar-refractivity contribution >= 4 is 28.2 Å². The fourth-order valence-corrected chi connectivity index (χ4v) is 2.37. The zero-order valence-electron chi connectivity index (χ0n) is 11.5. The fraction of sp³-hybridized carbons (Fsp3) is 0.636. The van der Waals surface area contributed by atoms with Crippen molar-refractivity contribution in [2.24, 2.45) is 0 Å². The molecule has 3 N–H and O–H groups in total. The molecule has 1 atom stereocenters. The van der Waals surface area contributed by atoms with Crippen molar-refractivity contribution in [3.8, 4) is 0 Å². The smallest absolute Gasteiger partial charge is 0.265 e. The third kappa shape index (κ3) is 3.85. The Hall–Kier alpha value is -1.34. The normalized spacial score (nSPS) is 12.6. The van der Waals surface area contributed by atoms with Crippen molar-refractivity contribution < 1.29 is 4.79 Å². The van der Waals surface area contributed by atoms with E-state index in [4.69, 9.17) is 5.73 Å². The second kappa shape index (κ2) is 6.01. The van der Waals surface area contributed by atoms with E-state index < -0.39 is 0 Å². The van der Waals surface area contributed by atoms with E-state index in [-0.39, 0.29) is 11.9 Å². The van der Waals surface area contributed by atoms with Crippen molar-refractivity contribution in [1.82, 2.24) is 15.2 Å². The lowest BCUT2D eigenvalue weighted by Crippen LogP contribution is -2.39. The number of carbonyl (C=O) groups is 1. The molecule has 0 spiro atoms. The largest absolute Gasteiger partial charge is 0.382 e. The molecule has 1 unspecified atom stereocenters. The Morgan fingerprint density at radius 2 is 2.06 bits per heavy atom. The van der Waals surface area contributed by atoms with Gasteiger partial charge in [0.2, 0.25) is 0 Å². The lowest BCUT2D eigenvalue weighted by Gasteiger charge is -2.17. The predicted octanol–water partition coefficient (Wildman–Crippen LogP) is 0.471. The number of nitrogens with two attached hydrogens (primary N) is 1. The van der Waals surface area contributed by atoms with Crippen molar-refractivity contribution in [1.29, 1.82) is 0 Å². The van der Waals surface area contributed by atoms with E-state index in [1.807, 2.05) is 44.9 Å². The van der Waals surface area contributed by atoms with Crippen LogP contribution in [0.25, 0.3) is 0 Å². The first-order valence-corrected chi connectivity index (χ1v) is 6.52. The lowest BCUT2D eigenvalue weighted by molar-refractivity contribution is 0.0939. The van der Waals surface area contributed by atoms with E-state index in [9.17, 15) is 4.79 Å². The molecule has 0 saturated carbocycles. The maximum Gasteiger partial charge on any atom is 0.265 e. The van der Waals surface area contributed by atoms with E-state index in [1.165, 1.54) is 11.3 Å². The number of thiazole rings is 1. The van der Waals surface area contributed by atoms with E-state index in [0.717, 1.165) is 11.7 Å². The molecule has 1 rings (SSSR count). The molecule has 0 aliphatic heterocycles. The summed E-state index contributed by atoms with van der Waals surface area (Å²) in [6.07, 6.45) is 0. The number of likely N-dealkylation sites (N-methyl/N-ethyl adjacent to an activating group) is 1. The number of rotatable bonds is 5. The second-order valence-electron chi connectivity index (χ2n) is 4.74. The molecule has 1 amide bonds. The maximum atomic E-state index is 12.0. The molecule has 7 heteroatoms. The standard InChI is InChI=1S/C11H21N5OS/c1-7(6-15(2)3)13-10(17)8-9(12)14-11(18-8)16(4)5/h7H,6,12H2,1-5H3,(H,13,17). The Morgan fingerprint density at radius 3 is 2.50 bits per heavy atom. The highest BCUT2D eigenvalue weighted by atomic mass is 32.1. The number of amides is 1. The molecule has 18 heavy (non-hydrogen) atoms. The Kier molecular flexibility index (Phi) is 4.92. The van der Waals surface area contributed by atoms with Gasteiger partial charge in [-0.2, -0.15) is 0 Å². The summed E-state index contributed by atoms with van der Waals surface area (Å²) in [5.41, 5.74) is 5.76. The first-order valence-electron chi connectivity index (χ1n) is 5.70. The molecular weight excluding hydrogens is 250 g/mol. The molecule has 0 saturated heterocycles. The van der Waals surface area contributed by atoms with E-state index in [1.54, 1.807) is 0 Å². The van der Waals surface area contributed by atoms with E-state index in [2.05, 4.69) is 10.3 Å². The average molecular weight is 271 g/mol. The predicted molar refractivity (Wildman–Crippen MR) is 76.3 cm³/mol. The molecule has 1 aromatic heterocycles. The molecule has 0 fully saturated rings. The number of hydrogen-bond donors (Lipinski definition) is 2. The third-order valence-electron chi connectivity index (χ3n) is 2.25. The quantitative estimate of drug-likeness (QED) is 0.814. The Bertz CT molecular complexity index is 416. The van der Waals surface area contributed by atoms with Crippen molar-refractivity contribution in [2.45, 2.75) is 13.0 Å². The minimum atomic E-state index is -0.160. The molecule has 1 aromatic rings. The number of nitrogen functional groups attached to an aromatic ring is 1. The van der Waals surface area contributed by atoms with Crippen LogP contribution in [0.15, 0.2) is 0 Å². The highest BCUT2D eigenvalue weighted by Crippen LogP contribution is 2.26. The Labute approximate surface area is 112 Å². The van der Waals surface area contributed by atoms with Gasteiger partial charge in [-0.15, -0.1) is 0 Å². The number of aromatic nitrogens is 1. The van der Waals surface area contributed by atoms with Gasteiger partial charge in [0.1, 0.15) is 10.7 Å². The maximum absolute atomic E-state index is 12.0. The van der Waals surface area contributed by atoms with Crippen LogP contribution < -0.4 is 16.0 Å². The summed E-state index contributed by atoms with van der Waals surface area (Å²) in [5.74, 6) is 0.130. The van der Waals surface area contributed by atoms with Gasteiger partial charge >= 0.3 is 0 Å². The van der Waals surface area contributed by atoms with Crippen LogP contribution in [0, 0.1) is 0 Å². The summed E-state index contributed by atoms with van der Waals surface area (Å²) in [6, 6.07) is 0.0665. The van der Waals surface area contributed by atoms with Crippen LogP contribution in [0.5, 0.6) is 0 Å². The van der Waals surface area contributed by atoms with Gasteiger partial charge in [-0.25, -0.2) is 4.98 Å². The molecule has 0 bridgehead atoms. The zero-order chi connectivity index (χ0) is 13.9. The van der Waals surface area contributed by atoms with Crippen LogP contribution in [0.1, 0.15) is 16.6 Å². The lowest BCUT2D eigenvalue weighted by atomic mass is 10.3. The number of carbonyl (C=O) groups excluding carboxylic acids is 1. The van der Waals surface area contributed by atoms with Crippen molar-refractivity contribution in [3.63, 3.8) is 0 Å². The topological polar surface area (TPSA) is 74.5 Å². The van der Waals surface area contributed by atoms with Crippen LogP contribution in [0.2, 0.25) is 0 Å². The molecule has 0 aliphatic rings. The zero-order valence-corrected chi connectivity index (χ0v) is 12.3. The van der Waals surface area contributed by atoms with Gasteiger partial charge in [-0.1, -0.05) is 11.3 Å². The van der Waals surface area contributed by atoms with Crippen LogP contribution in [0.3, 0.4) is 0 Å². The van der Waals surface area contributed by atoms with Gasteiger partial charge < -0.3 is 20.9 Å². The number of hydrogen-bond acceptors (Lipinski definition) is 6. The molecule has 6 nitrogen and oxygen atoms in total. The summed E-state index contributed by atoms with van der Waals surface area (Å²) in [6.45, 7) is 2.74. The molecule has 1 heterocycles. The Balaban J connectivity index is 2.72. The first-order chi connectivity index (χ1) is 8.31. The fourth-order valence-electron chi connectivity index (χ4n) is 1.56. The van der Waals surface area contributed by atoms with Crippen molar-refractivity contribution in [2.75, 3.05) is 45.4 Å². The SMILES string of the molecule is CC(CN(C)C)NC(=O)c1sc(N(C)C)nc1N. The number of nitrogens with zero attached hydrogens (tertiary/aromatic N) is 3. The van der Waals surface area contributed by atoms with Crippen LogP contribution in [-0.4, -0.2) is 56.6 Å². The number of nitrogens with one attached hydrogen (secondary N) is 1. The highest BCUT2D eigenvalue weighted by Gasteiger charge is 2.18. The van der Waals surface area contributed by atoms with Gasteiger partial charge in [0.15, 0.2) is 5.13 Å². The van der Waals surface area contributed by atoms with E-state index >= 15 is 0 Å². The first kappa shape index (κ1) is 14.7. The van der Waals surface area contributed by atoms with Crippen LogP contribution in [0.4, 0.5) is 10.9 Å². The average Bonchev–Trinajstić information content (AvgIpc) is 2.58. The summed E-state index contributed by atoms with van der Waals surface area (Å²) in [5, 5.41) is 3.65. The monoisotopic (exact) mass is 271 g/mol. The van der Waals surface area contributed by atoms with Crippen molar-refractivity contribution in [3.05, 3.63) is 4.88 Å². The van der Waals surface area contributed by atoms with Gasteiger partial charge in [0, 0.05) is 26.7 Å². The van der Waals surface area contributed by atoms with E-state index in [0.29, 0.717) is 10.7 Å². The summed E-state index contributed by atoms with van der Waals surface area (Å²) in [7, 11) is 7.67. The molecule has 102 valence electrons. The number of anilines is 2. The van der Waals surface area contributed by atoms with Gasteiger partial charge in [0.25, 0.3) is 5.91 Å². The Morgan fingerprint density at radius 1 is 1.44 bits per heavy atom. The highest BCUT2D eigenvalue weighted by molar-refractivity contribution is 7.18. The van der Waals surface area contributed by atoms with Gasteiger partial charge in [-0.3, -0.25) is 4.79 Å².